The molecule has 8 nitrogen and oxygen atoms in total. The summed E-state index contributed by atoms with van der Waals surface area (Å²) in [7, 11) is 0. The molecular formula is C25H44N2O6. The van der Waals surface area contributed by atoms with Gasteiger partial charge in [-0.1, -0.05) is 55.0 Å². The Hall–Kier alpha value is -2.25. The SMILES string of the molecule is C=C(C)C(=O)OCCOC(=O)NCC(C)(C)CC(C)CCNC(=O)OC1C(C)(C)CC1(C)C. The fraction of sp³-hybridized carbons (Fsp3) is 0.800. The van der Waals surface area contributed by atoms with Crippen molar-refractivity contribution in [2.45, 2.75) is 80.8 Å². The number of alkyl carbamates (subject to hydrolysis) is 2. The first-order chi connectivity index (χ1) is 15.1. The predicted octanol–water partition coefficient (Wildman–Crippen LogP) is 4.83. The van der Waals surface area contributed by atoms with E-state index in [0.717, 1.165) is 19.3 Å². The Morgan fingerprint density at radius 2 is 1.61 bits per heavy atom. The van der Waals surface area contributed by atoms with Crippen molar-refractivity contribution in [3.8, 4) is 0 Å². The summed E-state index contributed by atoms with van der Waals surface area (Å²) in [5.74, 6) is -0.163. The molecule has 33 heavy (non-hydrogen) atoms. The summed E-state index contributed by atoms with van der Waals surface area (Å²) in [6, 6.07) is 0. The van der Waals surface area contributed by atoms with Crippen molar-refractivity contribution >= 4 is 18.2 Å². The third-order valence-corrected chi connectivity index (χ3v) is 5.97. The van der Waals surface area contributed by atoms with Crippen molar-refractivity contribution in [1.29, 1.82) is 0 Å². The van der Waals surface area contributed by atoms with Crippen LogP contribution in [0.25, 0.3) is 0 Å². The van der Waals surface area contributed by atoms with Crippen LogP contribution in [-0.4, -0.2) is 50.6 Å². The van der Waals surface area contributed by atoms with Gasteiger partial charge in [0, 0.05) is 29.5 Å². The van der Waals surface area contributed by atoms with Gasteiger partial charge in [-0.05, 0) is 37.5 Å². The lowest BCUT2D eigenvalue weighted by Gasteiger charge is -2.56. The van der Waals surface area contributed by atoms with E-state index in [4.69, 9.17) is 14.2 Å². The van der Waals surface area contributed by atoms with E-state index >= 15 is 0 Å². The summed E-state index contributed by atoms with van der Waals surface area (Å²) in [5, 5.41) is 5.63. The molecule has 0 saturated heterocycles. The number of nitrogens with one attached hydrogen (secondary N) is 2. The predicted molar refractivity (Wildman–Crippen MR) is 128 cm³/mol. The summed E-state index contributed by atoms with van der Waals surface area (Å²) < 4.78 is 15.6. The average molecular weight is 469 g/mol. The monoisotopic (exact) mass is 468 g/mol. The number of carbonyl (C=O) groups excluding carboxylic acids is 3. The maximum Gasteiger partial charge on any atom is 0.407 e. The summed E-state index contributed by atoms with van der Waals surface area (Å²) in [6.07, 6.45) is 1.73. The number of hydrogen-bond donors (Lipinski definition) is 2. The van der Waals surface area contributed by atoms with Crippen LogP contribution in [0, 0.1) is 22.2 Å². The zero-order valence-electron chi connectivity index (χ0n) is 21.8. The van der Waals surface area contributed by atoms with Gasteiger partial charge < -0.3 is 24.8 Å². The molecule has 0 heterocycles. The van der Waals surface area contributed by atoms with Gasteiger partial charge in [-0.3, -0.25) is 0 Å². The topological polar surface area (TPSA) is 103 Å². The molecule has 0 radical (unpaired) electrons. The smallest absolute Gasteiger partial charge is 0.407 e. The summed E-state index contributed by atoms with van der Waals surface area (Å²) in [5.41, 5.74) is 0.183. The van der Waals surface area contributed by atoms with Crippen molar-refractivity contribution < 1.29 is 28.6 Å². The van der Waals surface area contributed by atoms with E-state index in [1.807, 2.05) is 0 Å². The molecule has 0 aromatic rings. The summed E-state index contributed by atoms with van der Waals surface area (Å²) in [4.78, 5) is 35.3. The molecule has 1 aliphatic carbocycles. The number of amides is 2. The molecule has 2 N–H and O–H groups in total. The fourth-order valence-corrected chi connectivity index (χ4v) is 5.05. The Balaban J connectivity index is 2.23. The van der Waals surface area contributed by atoms with Gasteiger partial charge in [-0.2, -0.15) is 0 Å². The van der Waals surface area contributed by atoms with Crippen LogP contribution < -0.4 is 10.6 Å². The van der Waals surface area contributed by atoms with Crippen LogP contribution in [0.15, 0.2) is 12.2 Å². The van der Waals surface area contributed by atoms with Gasteiger partial charge in [0.2, 0.25) is 0 Å². The molecule has 1 aliphatic rings. The van der Waals surface area contributed by atoms with Gasteiger partial charge in [0.1, 0.15) is 19.3 Å². The lowest BCUT2D eigenvalue weighted by molar-refractivity contribution is -0.152. The number of carbonyl (C=O) groups is 3. The second kappa shape index (κ2) is 11.7. The molecule has 0 spiro atoms. The van der Waals surface area contributed by atoms with Gasteiger partial charge >= 0.3 is 18.2 Å². The minimum Gasteiger partial charge on any atom is -0.459 e. The van der Waals surface area contributed by atoms with Gasteiger partial charge in [-0.15, -0.1) is 0 Å². The van der Waals surface area contributed by atoms with Crippen molar-refractivity contribution in [1.82, 2.24) is 10.6 Å². The highest BCUT2D eigenvalue weighted by molar-refractivity contribution is 5.86. The van der Waals surface area contributed by atoms with Crippen LogP contribution >= 0.6 is 0 Å². The lowest BCUT2D eigenvalue weighted by Crippen LogP contribution is -2.57. The standard InChI is InChI=1S/C25H44N2O6/c1-17(2)19(28)31-12-13-32-21(29)27-16-23(4,5)14-18(3)10-11-26-22(30)33-20-24(6,7)15-25(20,8)9/h18,20H,1,10-16H2,2-9H3,(H,26,30)(H,27,29). The molecule has 0 bridgehead atoms. The first-order valence-electron chi connectivity index (χ1n) is 11.7. The number of rotatable bonds is 12. The Morgan fingerprint density at radius 3 is 2.15 bits per heavy atom. The average Bonchev–Trinajstić information content (AvgIpc) is 2.66. The zero-order valence-corrected chi connectivity index (χ0v) is 21.8. The number of esters is 1. The molecule has 0 aliphatic heterocycles. The van der Waals surface area contributed by atoms with Crippen molar-refractivity contribution in [2.75, 3.05) is 26.3 Å². The second-order valence-electron chi connectivity index (χ2n) is 11.5. The third kappa shape index (κ3) is 10.0. The van der Waals surface area contributed by atoms with Crippen LogP contribution in [0.5, 0.6) is 0 Å². The fourth-order valence-electron chi connectivity index (χ4n) is 5.05. The largest absolute Gasteiger partial charge is 0.459 e. The molecule has 0 aromatic heterocycles. The molecular weight excluding hydrogens is 424 g/mol. The molecule has 2 amide bonds. The third-order valence-electron chi connectivity index (χ3n) is 5.97. The summed E-state index contributed by atoms with van der Waals surface area (Å²) >= 11 is 0. The number of ether oxygens (including phenoxy) is 3. The van der Waals surface area contributed by atoms with E-state index in [-0.39, 0.29) is 41.7 Å². The van der Waals surface area contributed by atoms with Gasteiger partial charge in [-0.25, -0.2) is 14.4 Å². The molecule has 0 aromatic carbocycles. The molecule has 1 atom stereocenters. The zero-order chi connectivity index (χ0) is 25.4. The van der Waals surface area contributed by atoms with Crippen molar-refractivity contribution in [3.63, 3.8) is 0 Å². The van der Waals surface area contributed by atoms with Crippen LogP contribution in [0.1, 0.15) is 74.7 Å². The van der Waals surface area contributed by atoms with E-state index in [2.05, 4.69) is 65.7 Å². The Labute approximate surface area is 199 Å². The van der Waals surface area contributed by atoms with E-state index in [1.165, 1.54) is 0 Å². The van der Waals surface area contributed by atoms with Crippen LogP contribution in [0.4, 0.5) is 9.59 Å². The van der Waals surface area contributed by atoms with E-state index in [0.29, 0.717) is 24.6 Å². The molecule has 190 valence electrons. The summed E-state index contributed by atoms with van der Waals surface area (Å²) in [6.45, 7) is 20.8. The molecule has 1 fully saturated rings. The Bertz CT molecular complexity index is 700. The molecule has 8 heteroatoms. The van der Waals surface area contributed by atoms with Crippen molar-refractivity contribution in [2.24, 2.45) is 22.2 Å². The maximum absolute atomic E-state index is 12.2. The lowest BCUT2D eigenvalue weighted by atomic mass is 9.53. The van der Waals surface area contributed by atoms with Gasteiger partial charge in [0.15, 0.2) is 0 Å². The van der Waals surface area contributed by atoms with E-state index in [1.54, 1.807) is 6.92 Å². The van der Waals surface area contributed by atoms with Crippen LogP contribution in [-0.2, 0) is 19.0 Å². The molecule has 1 rings (SSSR count). The van der Waals surface area contributed by atoms with Crippen molar-refractivity contribution in [3.05, 3.63) is 12.2 Å². The molecule has 1 saturated carbocycles. The highest BCUT2D eigenvalue weighted by atomic mass is 16.6. The minimum atomic E-state index is -0.548. The maximum atomic E-state index is 12.2. The van der Waals surface area contributed by atoms with Gasteiger partial charge in [0.05, 0.1) is 0 Å². The first kappa shape index (κ1) is 28.8. The number of hydrogen-bond acceptors (Lipinski definition) is 6. The van der Waals surface area contributed by atoms with E-state index < -0.39 is 12.1 Å². The highest BCUT2D eigenvalue weighted by Crippen LogP contribution is 2.55. The Morgan fingerprint density at radius 1 is 1.03 bits per heavy atom. The van der Waals surface area contributed by atoms with Crippen LogP contribution in [0.2, 0.25) is 0 Å². The van der Waals surface area contributed by atoms with Crippen LogP contribution in [0.3, 0.4) is 0 Å². The van der Waals surface area contributed by atoms with Gasteiger partial charge in [0.25, 0.3) is 0 Å². The second-order valence-corrected chi connectivity index (χ2v) is 11.5. The highest BCUT2D eigenvalue weighted by Gasteiger charge is 2.55. The minimum absolute atomic E-state index is 0.00921. The molecule has 1 unspecified atom stereocenters. The normalized spacial score (nSPS) is 17.8. The quantitative estimate of drug-likeness (QED) is 0.184. The first-order valence-corrected chi connectivity index (χ1v) is 11.7. The van der Waals surface area contributed by atoms with E-state index in [9.17, 15) is 14.4 Å². The Kier molecular flexibility index (Phi) is 10.2.